The molecule has 0 saturated heterocycles. The van der Waals surface area contributed by atoms with Crippen molar-refractivity contribution in [2.24, 2.45) is 0 Å². The molecule has 2 heterocycles. The molecule has 0 aliphatic rings. The lowest BCUT2D eigenvalue weighted by Crippen LogP contribution is -2.21. The summed E-state index contributed by atoms with van der Waals surface area (Å²) in [4.78, 5) is 13.4. The van der Waals surface area contributed by atoms with Gasteiger partial charge in [-0.1, -0.05) is 25.1 Å². The van der Waals surface area contributed by atoms with Gasteiger partial charge >= 0.3 is 5.97 Å². The summed E-state index contributed by atoms with van der Waals surface area (Å²) in [5.74, 6) is -0.659. The summed E-state index contributed by atoms with van der Waals surface area (Å²) in [7, 11) is 1.37. The summed E-state index contributed by atoms with van der Waals surface area (Å²) >= 11 is 6.97. The number of thiocarbonyl (C=S) groups is 1. The molecule has 0 atom stereocenters. The number of aromatic nitrogens is 2. The third-order valence-electron chi connectivity index (χ3n) is 5.08. The Kier molecular flexibility index (Phi) is 7.07. The maximum Gasteiger partial charge on any atom is 0.341 e. The molecule has 0 aliphatic carbocycles. The van der Waals surface area contributed by atoms with Crippen molar-refractivity contribution >= 4 is 45.3 Å². The molecule has 0 radical (unpaired) electrons. The van der Waals surface area contributed by atoms with Crippen molar-refractivity contribution in [2.75, 3.05) is 17.7 Å². The molecule has 9 heteroatoms. The van der Waals surface area contributed by atoms with Crippen molar-refractivity contribution in [2.45, 2.75) is 40.7 Å². The van der Waals surface area contributed by atoms with Crippen molar-refractivity contribution in [3.63, 3.8) is 0 Å². The van der Waals surface area contributed by atoms with Gasteiger partial charge < -0.3 is 15.4 Å². The Hall–Kier alpha value is -2.78. The van der Waals surface area contributed by atoms with Gasteiger partial charge in [-0.2, -0.15) is 5.10 Å². The zero-order valence-corrected chi connectivity index (χ0v) is 19.8. The number of rotatable bonds is 6. The average molecular weight is 461 g/mol. The van der Waals surface area contributed by atoms with Crippen LogP contribution < -0.4 is 10.6 Å². The lowest BCUT2D eigenvalue weighted by atomic mass is 10.1. The van der Waals surface area contributed by atoms with Gasteiger partial charge in [0.2, 0.25) is 0 Å². The Morgan fingerprint density at radius 1 is 1.26 bits per heavy atom. The van der Waals surface area contributed by atoms with Crippen molar-refractivity contribution < 1.29 is 13.9 Å². The highest BCUT2D eigenvalue weighted by molar-refractivity contribution is 7.80. The Morgan fingerprint density at radius 2 is 1.97 bits per heavy atom. The number of carbonyl (C=O) groups is 1. The van der Waals surface area contributed by atoms with Crippen LogP contribution in [-0.4, -0.2) is 28.0 Å². The number of methoxy groups -OCH3 is 1. The van der Waals surface area contributed by atoms with E-state index in [1.54, 1.807) is 22.9 Å². The molecule has 0 fully saturated rings. The molecule has 6 nitrogen and oxygen atoms in total. The Morgan fingerprint density at radius 3 is 2.61 bits per heavy atom. The number of benzene rings is 1. The summed E-state index contributed by atoms with van der Waals surface area (Å²) in [6.07, 6.45) is 0.718. The highest BCUT2D eigenvalue weighted by atomic mass is 32.1. The van der Waals surface area contributed by atoms with Crippen molar-refractivity contribution in [3.05, 3.63) is 63.0 Å². The fourth-order valence-electron chi connectivity index (χ4n) is 3.48. The first-order chi connectivity index (χ1) is 14.8. The van der Waals surface area contributed by atoms with E-state index in [1.807, 2.05) is 27.7 Å². The zero-order chi connectivity index (χ0) is 22.7. The minimum atomic E-state index is -0.392. The number of thiophene rings is 1. The lowest BCUT2D eigenvalue weighted by molar-refractivity contribution is 0.0601. The lowest BCUT2D eigenvalue weighted by Gasteiger charge is -2.12. The van der Waals surface area contributed by atoms with E-state index < -0.39 is 5.97 Å². The second-order valence-electron chi connectivity index (χ2n) is 7.06. The van der Waals surface area contributed by atoms with Gasteiger partial charge in [0.1, 0.15) is 10.8 Å². The molecule has 0 aliphatic heterocycles. The van der Waals surface area contributed by atoms with Gasteiger partial charge in [0.25, 0.3) is 0 Å². The minimum absolute atomic E-state index is 0.267. The highest BCUT2D eigenvalue weighted by Gasteiger charge is 2.23. The molecule has 0 unspecified atom stereocenters. The molecule has 1 aromatic carbocycles. The number of nitrogens with one attached hydrogen (secondary N) is 2. The van der Waals surface area contributed by atoms with E-state index >= 15 is 0 Å². The number of esters is 1. The molecule has 0 spiro atoms. The number of halogens is 1. The summed E-state index contributed by atoms with van der Waals surface area (Å²) in [6, 6.07) is 6.64. The van der Waals surface area contributed by atoms with Crippen LogP contribution in [-0.2, 0) is 17.7 Å². The smallest absolute Gasteiger partial charge is 0.341 e. The van der Waals surface area contributed by atoms with E-state index in [4.69, 9.17) is 17.0 Å². The fraction of sp³-hybridized carbons (Fsp3) is 0.318. The number of aryl methyl sites for hydroxylation is 2. The molecular formula is C22H25FN4O2S2. The van der Waals surface area contributed by atoms with Crippen LogP contribution in [0.2, 0.25) is 0 Å². The van der Waals surface area contributed by atoms with Crippen LogP contribution in [0.3, 0.4) is 0 Å². The maximum absolute atomic E-state index is 14.0. The molecule has 31 heavy (non-hydrogen) atoms. The summed E-state index contributed by atoms with van der Waals surface area (Å²) in [6.45, 7) is 8.05. The van der Waals surface area contributed by atoms with Crippen LogP contribution in [0, 0.1) is 26.6 Å². The number of ether oxygens (including phenoxy) is 1. The zero-order valence-electron chi connectivity index (χ0n) is 18.1. The van der Waals surface area contributed by atoms with E-state index in [9.17, 15) is 9.18 Å². The second kappa shape index (κ2) is 9.57. The van der Waals surface area contributed by atoms with Gasteiger partial charge in [-0.15, -0.1) is 11.3 Å². The van der Waals surface area contributed by atoms with E-state index in [1.165, 1.54) is 24.5 Å². The molecule has 0 saturated carbocycles. The summed E-state index contributed by atoms with van der Waals surface area (Å²) in [5.41, 5.74) is 4.34. The maximum atomic E-state index is 14.0. The van der Waals surface area contributed by atoms with Crippen LogP contribution >= 0.6 is 23.6 Å². The van der Waals surface area contributed by atoms with Crippen LogP contribution in [0.15, 0.2) is 24.3 Å². The quantitative estimate of drug-likeness (QED) is 0.389. The first-order valence-corrected chi connectivity index (χ1v) is 11.0. The second-order valence-corrected chi connectivity index (χ2v) is 8.69. The van der Waals surface area contributed by atoms with Crippen LogP contribution in [0.5, 0.6) is 0 Å². The van der Waals surface area contributed by atoms with E-state index in [2.05, 4.69) is 15.7 Å². The normalized spacial score (nSPS) is 10.8. The number of nitrogens with zero attached hydrogens (tertiary/aromatic N) is 2. The predicted molar refractivity (Wildman–Crippen MR) is 127 cm³/mol. The number of hydrogen-bond acceptors (Lipinski definition) is 5. The molecular weight excluding hydrogens is 435 g/mol. The molecule has 164 valence electrons. The Bertz CT molecular complexity index is 1140. The van der Waals surface area contributed by atoms with Crippen molar-refractivity contribution in [3.8, 4) is 0 Å². The standard InChI is InChI=1S/C22H25FN4O2S2/c1-6-16-14(4)31-20(18(16)21(28)29-5)25-22(30)24-19-12(2)26-27(13(19)3)11-15-9-7-8-10-17(15)23/h7-10H,6,11H2,1-5H3,(H2,24,25,30). The Labute approximate surface area is 190 Å². The first kappa shape index (κ1) is 22.9. The van der Waals surface area contributed by atoms with Gasteiger partial charge in [-0.3, -0.25) is 4.68 Å². The van der Waals surface area contributed by atoms with Gasteiger partial charge in [0, 0.05) is 10.4 Å². The summed E-state index contributed by atoms with van der Waals surface area (Å²) < 4.78 is 20.7. The van der Waals surface area contributed by atoms with Gasteiger partial charge in [0.15, 0.2) is 5.11 Å². The van der Waals surface area contributed by atoms with Crippen LogP contribution in [0.4, 0.5) is 15.1 Å². The number of anilines is 2. The van der Waals surface area contributed by atoms with E-state index in [0.29, 0.717) is 27.8 Å². The van der Waals surface area contributed by atoms with Gasteiger partial charge in [-0.25, -0.2) is 9.18 Å². The van der Waals surface area contributed by atoms with Crippen LogP contribution in [0.25, 0.3) is 0 Å². The molecule has 0 amide bonds. The predicted octanol–water partition coefficient (Wildman–Crippen LogP) is 5.22. The molecule has 2 N–H and O–H groups in total. The molecule has 0 bridgehead atoms. The van der Waals surface area contributed by atoms with E-state index in [-0.39, 0.29) is 5.82 Å². The van der Waals surface area contributed by atoms with Crippen molar-refractivity contribution in [1.29, 1.82) is 0 Å². The van der Waals surface area contributed by atoms with Crippen molar-refractivity contribution in [1.82, 2.24) is 9.78 Å². The molecule has 3 aromatic rings. The topological polar surface area (TPSA) is 68.2 Å². The van der Waals surface area contributed by atoms with Gasteiger partial charge in [-0.05, 0) is 51.0 Å². The third kappa shape index (κ3) is 4.77. The largest absolute Gasteiger partial charge is 0.465 e. The third-order valence-corrected chi connectivity index (χ3v) is 6.34. The SMILES string of the molecule is CCc1c(C)sc(NC(=S)Nc2c(C)nn(Cc3ccccc3F)c2C)c1C(=O)OC. The molecule has 3 rings (SSSR count). The first-order valence-electron chi connectivity index (χ1n) is 9.82. The number of hydrogen-bond donors (Lipinski definition) is 2. The Balaban J connectivity index is 1.81. The molecule has 2 aromatic heterocycles. The minimum Gasteiger partial charge on any atom is -0.465 e. The fourth-order valence-corrected chi connectivity index (χ4v) is 4.88. The highest BCUT2D eigenvalue weighted by Crippen LogP contribution is 2.34. The van der Waals surface area contributed by atoms with E-state index in [0.717, 1.165) is 33.9 Å². The number of carbonyl (C=O) groups excluding carboxylic acids is 1. The van der Waals surface area contributed by atoms with Gasteiger partial charge in [0.05, 0.1) is 36.3 Å². The summed E-state index contributed by atoms with van der Waals surface area (Å²) in [5, 5.41) is 11.8. The average Bonchev–Trinajstić information content (AvgIpc) is 3.19. The van der Waals surface area contributed by atoms with Crippen LogP contribution in [0.1, 0.15) is 44.7 Å². The monoisotopic (exact) mass is 460 g/mol.